The average Bonchev–Trinajstić information content (AvgIpc) is 2.85. The summed E-state index contributed by atoms with van der Waals surface area (Å²) >= 11 is 0. The largest absolute Gasteiger partial charge is 0.469 e. The third-order valence-electron chi connectivity index (χ3n) is 5.18. The van der Waals surface area contributed by atoms with E-state index in [1.54, 1.807) is 0 Å². The zero-order chi connectivity index (χ0) is 14.1. The quantitative estimate of drug-likeness (QED) is 0.546. The van der Waals surface area contributed by atoms with Gasteiger partial charge in [-0.1, -0.05) is 18.1 Å². The topological polar surface area (TPSA) is 46.6 Å². The van der Waals surface area contributed by atoms with E-state index >= 15 is 0 Å². The monoisotopic (exact) mass is 277 g/mol. The minimum Gasteiger partial charge on any atom is -0.469 e. The van der Waals surface area contributed by atoms with Crippen molar-refractivity contribution in [2.24, 2.45) is 11.8 Å². The van der Waals surface area contributed by atoms with Gasteiger partial charge in [-0.3, -0.25) is 9.59 Å². The summed E-state index contributed by atoms with van der Waals surface area (Å²) in [5.74, 6) is 0.666. The Bertz CT molecular complexity index is 443. The lowest BCUT2D eigenvalue weighted by Gasteiger charge is -2.33. The molecular formula is C16H23NO3. The van der Waals surface area contributed by atoms with Gasteiger partial charge in [-0.2, -0.15) is 0 Å². The number of nitrogens with zero attached hydrogens (tertiary/aromatic N) is 1. The van der Waals surface area contributed by atoms with Crippen LogP contribution in [0.2, 0.25) is 0 Å². The molecule has 0 unspecified atom stereocenters. The van der Waals surface area contributed by atoms with Gasteiger partial charge in [0.15, 0.2) is 0 Å². The molecule has 20 heavy (non-hydrogen) atoms. The number of carbonyl (C=O) groups is 2. The van der Waals surface area contributed by atoms with Gasteiger partial charge < -0.3 is 9.64 Å². The van der Waals surface area contributed by atoms with Crippen molar-refractivity contribution in [1.82, 2.24) is 4.90 Å². The number of amides is 1. The van der Waals surface area contributed by atoms with Crippen molar-refractivity contribution in [3.05, 3.63) is 11.6 Å². The van der Waals surface area contributed by atoms with Gasteiger partial charge in [0.1, 0.15) is 0 Å². The minimum atomic E-state index is -0.0658. The first kappa shape index (κ1) is 13.7. The van der Waals surface area contributed by atoms with Crippen LogP contribution < -0.4 is 0 Å². The maximum atomic E-state index is 12.0. The Morgan fingerprint density at radius 2 is 2.20 bits per heavy atom. The molecule has 3 atom stereocenters. The summed E-state index contributed by atoms with van der Waals surface area (Å²) in [6, 6.07) is 0.307. The second kappa shape index (κ2) is 5.58. The fourth-order valence-electron chi connectivity index (χ4n) is 4.10. The number of methoxy groups -OCH3 is 1. The second-order valence-corrected chi connectivity index (χ2v) is 6.25. The van der Waals surface area contributed by atoms with Gasteiger partial charge in [-0.25, -0.2) is 0 Å². The van der Waals surface area contributed by atoms with Crippen molar-refractivity contribution in [2.75, 3.05) is 13.7 Å². The van der Waals surface area contributed by atoms with Gasteiger partial charge in [0.25, 0.3) is 0 Å². The zero-order valence-electron chi connectivity index (χ0n) is 12.1. The van der Waals surface area contributed by atoms with Gasteiger partial charge in [-0.15, -0.1) is 0 Å². The Hall–Kier alpha value is -1.32. The molecule has 0 N–H and O–H groups in total. The molecule has 0 radical (unpaired) electrons. The second-order valence-electron chi connectivity index (χ2n) is 6.25. The third-order valence-corrected chi connectivity index (χ3v) is 5.18. The molecule has 1 aliphatic carbocycles. The molecule has 4 heteroatoms. The summed E-state index contributed by atoms with van der Waals surface area (Å²) < 4.78 is 4.96. The van der Waals surface area contributed by atoms with Gasteiger partial charge in [0.2, 0.25) is 5.91 Å². The van der Waals surface area contributed by atoms with Gasteiger partial charge >= 0.3 is 5.97 Å². The van der Waals surface area contributed by atoms with E-state index in [-0.39, 0.29) is 11.9 Å². The summed E-state index contributed by atoms with van der Waals surface area (Å²) in [5, 5.41) is 0. The number of carbonyl (C=O) groups excluding carboxylic acids is 2. The fraction of sp³-hybridized carbons (Fsp3) is 0.750. The first-order chi connectivity index (χ1) is 9.70. The number of rotatable bonds is 1. The molecule has 0 spiro atoms. The van der Waals surface area contributed by atoms with Gasteiger partial charge in [0, 0.05) is 13.0 Å². The zero-order valence-corrected chi connectivity index (χ0v) is 12.1. The van der Waals surface area contributed by atoms with Gasteiger partial charge in [-0.05, 0) is 38.0 Å². The Balaban J connectivity index is 1.84. The lowest BCUT2D eigenvalue weighted by molar-refractivity contribution is -0.147. The van der Waals surface area contributed by atoms with E-state index in [9.17, 15) is 9.59 Å². The van der Waals surface area contributed by atoms with E-state index in [1.165, 1.54) is 12.7 Å². The van der Waals surface area contributed by atoms with Crippen LogP contribution in [0.5, 0.6) is 0 Å². The van der Waals surface area contributed by atoms with Crippen LogP contribution in [0.4, 0.5) is 0 Å². The molecule has 3 rings (SSSR count). The smallest absolute Gasteiger partial charge is 0.309 e. The molecule has 0 aromatic heterocycles. The van der Waals surface area contributed by atoms with Crippen LogP contribution in [0.15, 0.2) is 11.6 Å². The van der Waals surface area contributed by atoms with E-state index < -0.39 is 0 Å². The molecular weight excluding hydrogens is 254 g/mol. The fourth-order valence-corrected chi connectivity index (χ4v) is 4.10. The lowest BCUT2D eigenvalue weighted by Crippen LogP contribution is -2.36. The van der Waals surface area contributed by atoms with E-state index in [0.29, 0.717) is 24.3 Å². The van der Waals surface area contributed by atoms with Crippen molar-refractivity contribution in [2.45, 2.75) is 51.0 Å². The summed E-state index contributed by atoms with van der Waals surface area (Å²) in [6.07, 6.45) is 8.83. The number of allylic oxidation sites excluding steroid dienone is 1. The van der Waals surface area contributed by atoms with Crippen molar-refractivity contribution < 1.29 is 14.3 Å². The highest BCUT2D eigenvalue weighted by molar-refractivity contribution is 5.79. The maximum absolute atomic E-state index is 12.0. The lowest BCUT2D eigenvalue weighted by atomic mass is 9.75. The SMILES string of the molecule is COC(=O)[C@H]1CC=C2C[C@@H]1CCCCN1C(=O)CC[C@H]21. The molecule has 3 aliphatic rings. The number of ether oxygens (including phenoxy) is 1. The number of fused-ring (bicyclic) bond motifs is 4. The third kappa shape index (κ3) is 2.36. The maximum Gasteiger partial charge on any atom is 0.309 e. The highest BCUT2D eigenvalue weighted by Gasteiger charge is 2.39. The highest BCUT2D eigenvalue weighted by atomic mass is 16.5. The molecule has 2 bridgehead atoms. The molecule has 2 heterocycles. The van der Waals surface area contributed by atoms with Crippen molar-refractivity contribution >= 4 is 11.9 Å². The Labute approximate surface area is 120 Å². The molecule has 2 aliphatic heterocycles. The summed E-state index contributed by atoms with van der Waals surface area (Å²) in [6.45, 7) is 0.885. The standard InChI is InChI=1S/C16H23NO3/c1-20-16(19)13-6-5-12-10-11(13)4-2-3-9-17-14(12)7-8-15(17)18/h5,11,13-14H,2-4,6-10H2,1H3/t11-,13-,14+/m0/s1. The predicted molar refractivity (Wildman–Crippen MR) is 74.9 cm³/mol. The molecule has 110 valence electrons. The minimum absolute atomic E-state index is 0.0207. The summed E-state index contributed by atoms with van der Waals surface area (Å²) in [7, 11) is 1.48. The van der Waals surface area contributed by atoms with E-state index in [4.69, 9.17) is 4.74 Å². The first-order valence-electron chi connectivity index (χ1n) is 7.77. The van der Waals surface area contributed by atoms with Crippen LogP contribution in [-0.2, 0) is 14.3 Å². The van der Waals surface area contributed by atoms with Crippen LogP contribution in [0.25, 0.3) is 0 Å². The summed E-state index contributed by atoms with van der Waals surface area (Å²) in [5.41, 5.74) is 1.39. The van der Waals surface area contributed by atoms with Crippen molar-refractivity contribution in [1.29, 1.82) is 0 Å². The van der Waals surface area contributed by atoms with Crippen LogP contribution in [0, 0.1) is 11.8 Å². The molecule has 0 aromatic carbocycles. The number of esters is 1. The number of hydrogen-bond donors (Lipinski definition) is 0. The van der Waals surface area contributed by atoms with Crippen LogP contribution >= 0.6 is 0 Å². The Morgan fingerprint density at radius 3 is 3.00 bits per heavy atom. The van der Waals surface area contributed by atoms with Crippen LogP contribution in [0.3, 0.4) is 0 Å². The Morgan fingerprint density at radius 1 is 1.35 bits per heavy atom. The normalized spacial score (nSPS) is 33.6. The van der Waals surface area contributed by atoms with E-state index in [2.05, 4.69) is 11.0 Å². The van der Waals surface area contributed by atoms with Crippen molar-refractivity contribution in [3.8, 4) is 0 Å². The molecule has 2 fully saturated rings. The molecule has 0 saturated carbocycles. The number of hydrogen-bond acceptors (Lipinski definition) is 3. The molecule has 1 amide bonds. The Kier molecular flexibility index (Phi) is 3.81. The van der Waals surface area contributed by atoms with Crippen molar-refractivity contribution in [3.63, 3.8) is 0 Å². The molecule has 0 aromatic rings. The summed E-state index contributed by atoms with van der Waals surface area (Å²) in [4.78, 5) is 26.0. The van der Waals surface area contributed by atoms with E-state index in [0.717, 1.165) is 45.1 Å². The average molecular weight is 277 g/mol. The highest BCUT2D eigenvalue weighted by Crippen LogP contribution is 2.40. The van der Waals surface area contributed by atoms with Gasteiger partial charge in [0.05, 0.1) is 19.1 Å². The molecule has 2 saturated heterocycles. The first-order valence-corrected chi connectivity index (χ1v) is 7.77. The van der Waals surface area contributed by atoms with Crippen LogP contribution in [-0.4, -0.2) is 36.5 Å². The molecule has 4 nitrogen and oxygen atoms in total. The van der Waals surface area contributed by atoms with E-state index in [1.807, 2.05) is 0 Å². The predicted octanol–water partition coefficient (Wildman–Crippen LogP) is 2.29. The van der Waals surface area contributed by atoms with Crippen LogP contribution in [0.1, 0.15) is 44.9 Å².